The molecule has 0 radical (unpaired) electrons. The summed E-state index contributed by atoms with van der Waals surface area (Å²) in [6, 6.07) is 6.95. The van der Waals surface area contributed by atoms with E-state index in [1.807, 2.05) is 25.6 Å². The summed E-state index contributed by atoms with van der Waals surface area (Å²) < 4.78 is 4.15. The van der Waals surface area contributed by atoms with Crippen LogP contribution in [-0.4, -0.2) is 18.8 Å². The first-order valence-corrected chi connectivity index (χ1v) is 9.51. The van der Waals surface area contributed by atoms with Crippen molar-refractivity contribution in [3.05, 3.63) is 29.3 Å². The maximum absolute atomic E-state index is 9.18. The molecule has 0 saturated heterocycles. The fraction of sp³-hybridized carbons (Fsp3) is 0.632. The third-order valence-corrected chi connectivity index (χ3v) is 4.02. The average Bonchev–Trinajstić information content (AvgIpc) is 2.58. The molecule has 0 saturated carbocycles. The normalized spacial score (nSPS) is 9.00. The van der Waals surface area contributed by atoms with Gasteiger partial charge in [0.05, 0.1) is 6.61 Å². The summed E-state index contributed by atoms with van der Waals surface area (Å²) >= 11 is 1.99. The Labute approximate surface area is 142 Å². The summed E-state index contributed by atoms with van der Waals surface area (Å²) in [6.07, 6.45) is 4.93. The van der Waals surface area contributed by atoms with Crippen molar-refractivity contribution in [2.24, 2.45) is 0 Å². The predicted molar refractivity (Wildman–Crippen MR) is 99.9 cm³/mol. The van der Waals surface area contributed by atoms with Gasteiger partial charge in [0.2, 0.25) is 0 Å². The van der Waals surface area contributed by atoms with Crippen LogP contribution in [0, 0.1) is 0 Å². The Kier molecular flexibility index (Phi) is 19.2. The van der Waals surface area contributed by atoms with Crippen LogP contribution in [0.15, 0.2) is 23.1 Å². The van der Waals surface area contributed by atoms with Crippen LogP contribution in [0.25, 0.3) is 0 Å². The minimum Gasteiger partial charge on any atom is -0.468 e. The first-order valence-electron chi connectivity index (χ1n) is 8.53. The minimum atomic E-state index is 0.431. The average molecular weight is 327 g/mol. The number of hydrogen-bond donors (Lipinski definition) is 0. The van der Waals surface area contributed by atoms with E-state index in [1.54, 1.807) is 6.92 Å². The Balaban J connectivity index is 0. The van der Waals surface area contributed by atoms with E-state index in [9.17, 15) is 4.79 Å². The first-order chi connectivity index (χ1) is 10.7. The Morgan fingerprint density at radius 3 is 2.09 bits per heavy atom. The van der Waals surface area contributed by atoms with Crippen LogP contribution < -0.4 is 0 Å². The topological polar surface area (TPSA) is 26.3 Å². The van der Waals surface area contributed by atoms with Crippen LogP contribution in [0.4, 0.5) is 0 Å². The zero-order chi connectivity index (χ0) is 17.2. The van der Waals surface area contributed by atoms with Gasteiger partial charge in [0.25, 0.3) is 6.47 Å². The van der Waals surface area contributed by atoms with Gasteiger partial charge in [-0.1, -0.05) is 47.1 Å². The Bertz CT molecular complexity index is 364. The molecule has 0 spiro atoms. The van der Waals surface area contributed by atoms with Gasteiger partial charge >= 0.3 is 0 Å². The smallest absolute Gasteiger partial charge is 0.293 e. The highest BCUT2D eigenvalue weighted by atomic mass is 32.2. The summed E-state index contributed by atoms with van der Waals surface area (Å²) in [5.74, 6) is 1.26. The molecule has 3 heteroatoms. The summed E-state index contributed by atoms with van der Waals surface area (Å²) in [4.78, 5) is 10.6. The largest absolute Gasteiger partial charge is 0.468 e. The molecule has 1 rings (SSSR count). The van der Waals surface area contributed by atoms with Crippen molar-refractivity contribution in [1.29, 1.82) is 0 Å². The molecule has 0 N–H and O–H groups in total. The van der Waals surface area contributed by atoms with Crippen molar-refractivity contribution in [2.75, 3.05) is 12.4 Å². The second-order valence-corrected chi connectivity index (χ2v) is 5.56. The lowest BCUT2D eigenvalue weighted by Gasteiger charge is -2.08. The highest BCUT2D eigenvalue weighted by Gasteiger charge is 2.01. The standard InChI is InChI=1S/C14H22S.C3H6O2.C2H6/c1-4-7-10-15-14-9-8-12(5-2)13(6-3)11-14;1-2-5-3-4;1-2/h8-9,11H,4-7,10H2,1-3H3;3H,2H2,1H3;1-2H3. The predicted octanol–water partition coefficient (Wildman–Crippen LogP) is 5.91. The van der Waals surface area contributed by atoms with Gasteiger partial charge in [0.1, 0.15) is 0 Å². The number of hydrogen-bond acceptors (Lipinski definition) is 3. The van der Waals surface area contributed by atoms with Crippen LogP contribution in [0.5, 0.6) is 0 Å². The third-order valence-electron chi connectivity index (χ3n) is 2.94. The lowest BCUT2D eigenvalue weighted by molar-refractivity contribution is -0.128. The van der Waals surface area contributed by atoms with E-state index in [4.69, 9.17) is 0 Å². The lowest BCUT2D eigenvalue weighted by Crippen LogP contribution is -1.91. The van der Waals surface area contributed by atoms with E-state index in [0.29, 0.717) is 13.1 Å². The first kappa shape index (κ1) is 23.3. The lowest BCUT2D eigenvalue weighted by atomic mass is 10.0. The van der Waals surface area contributed by atoms with E-state index >= 15 is 0 Å². The molecule has 0 amide bonds. The van der Waals surface area contributed by atoms with Crippen molar-refractivity contribution in [1.82, 2.24) is 0 Å². The van der Waals surface area contributed by atoms with E-state index in [2.05, 4.69) is 43.7 Å². The van der Waals surface area contributed by atoms with Gasteiger partial charge in [-0.15, -0.1) is 11.8 Å². The number of unbranched alkanes of at least 4 members (excludes halogenated alkanes) is 1. The molecule has 0 heterocycles. The molecule has 0 fully saturated rings. The van der Waals surface area contributed by atoms with Crippen LogP contribution in [0.1, 0.15) is 65.5 Å². The molecule has 0 aliphatic heterocycles. The van der Waals surface area contributed by atoms with Crippen LogP contribution >= 0.6 is 11.8 Å². The van der Waals surface area contributed by atoms with Gasteiger partial charge in [0, 0.05) is 4.90 Å². The monoisotopic (exact) mass is 326 g/mol. The number of ether oxygens (including phenoxy) is 1. The molecule has 0 aliphatic rings. The zero-order valence-electron chi connectivity index (χ0n) is 15.3. The number of thioether (sulfide) groups is 1. The Morgan fingerprint density at radius 1 is 1.05 bits per heavy atom. The minimum absolute atomic E-state index is 0.431. The molecule has 0 aliphatic carbocycles. The van der Waals surface area contributed by atoms with Crippen molar-refractivity contribution < 1.29 is 9.53 Å². The molecule has 0 bridgehead atoms. The molecular weight excluding hydrogens is 292 g/mol. The van der Waals surface area contributed by atoms with Gasteiger partial charge in [-0.3, -0.25) is 4.79 Å². The maximum Gasteiger partial charge on any atom is 0.293 e. The van der Waals surface area contributed by atoms with Crippen LogP contribution in [0.2, 0.25) is 0 Å². The number of aryl methyl sites for hydroxylation is 2. The molecule has 0 atom stereocenters. The van der Waals surface area contributed by atoms with Crippen molar-refractivity contribution in [2.45, 2.75) is 72.1 Å². The van der Waals surface area contributed by atoms with E-state index < -0.39 is 0 Å². The van der Waals surface area contributed by atoms with Crippen molar-refractivity contribution in [3.8, 4) is 0 Å². The fourth-order valence-corrected chi connectivity index (χ4v) is 2.83. The second kappa shape index (κ2) is 18.1. The molecule has 128 valence electrons. The van der Waals surface area contributed by atoms with Crippen LogP contribution in [-0.2, 0) is 22.4 Å². The summed E-state index contributed by atoms with van der Waals surface area (Å²) in [5.41, 5.74) is 3.04. The van der Waals surface area contributed by atoms with Crippen molar-refractivity contribution >= 4 is 18.2 Å². The van der Waals surface area contributed by atoms with Gasteiger partial charge in [-0.25, -0.2) is 0 Å². The maximum atomic E-state index is 9.18. The molecular formula is C19H34O2S. The van der Waals surface area contributed by atoms with E-state index in [-0.39, 0.29) is 0 Å². The SMILES string of the molecule is CC.CCCCSc1ccc(CC)c(CC)c1.CCOC=O. The van der Waals surface area contributed by atoms with Crippen LogP contribution in [0.3, 0.4) is 0 Å². The Morgan fingerprint density at radius 2 is 1.68 bits per heavy atom. The molecule has 1 aromatic rings. The highest BCUT2D eigenvalue weighted by molar-refractivity contribution is 7.99. The van der Waals surface area contributed by atoms with Gasteiger partial charge in [-0.2, -0.15) is 0 Å². The number of carbonyl (C=O) groups is 1. The summed E-state index contributed by atoms with van der Waals surface area (Å²) in [5, 5.41) is 0. The highest BCUT2D eigenvalue weighted by Crippen LogP contribution is 2.23. The third kappa shape index (κ3) is 11.7. The zero-order valence-corrected chi connectivity index (χ0v) is 16.1. The number of rotatable bonds is 8. The molecule has 1 aromatic carbocycles. The molecule has 0 aromatic heterocycles. The van der Waals surface area contributed by atoms with E-state index in [1.165, 1.54) is 34.6 Å². The van der Waals surface area contributed by atoms with E-state index in [0.717, 1.165) is 12.8 Å². The fourth-order valence-electron chi connectivity index (χ4n) is 1.77. The van der Waals surface area contributed by atoms with Gasteiger partial charge < -0.3 is 4.74 Å². The van der Waals surface area contributed by atoms with Gasteiger partial charge in [-0.05, 0) is 55.2 Å². The molecule has 0 unspecified atom stereocenters. The summed E-state index contributed by atoms with van der Waals surface area (Å²) in [7, 11) is 0. The Hall–Kier alpha value is -0.960. The quantitative estimate of drug-likeness (QED) is 0.337. The number of benzene rings is 1. The van der Waals surface area contributed by atoms with Crippen molar-refractivity contribution in [3.63, 3.8) is 0 Å². The summed E-state index contributed by atoms with van der Waals surface area (Å²) in [6.45, 7) is 13.4. The second-order valence-electron chi connectivity index (χ2n) is 4.39. The molecule has 2 nitrogen and oxygen atoms in total. The van der Waals surface area contributed by atoms with Gasteiger partial charge in [0.15, 0.2) is 0 Å². The number of carbonyl (C=O) groups excluding carboxylic acids is 1. The molecule has 22 heavy (non-hydrogen) atoms.